The molecule has 2 aromatic rings. The van der Waals surface area contributed by atoms with Crippen LogP contribution in [0.5, 0.6) is 0 Å². The van der Waals surface area contributed by atoms with Crippen LogP contribution in [0.25, 0.3) is 0 Å². The molecule has 0 saturated carbocycles. The summed E-state index contributed by atoms with van der Waals surface area (Å²) in [6.45, 7) is 5.68. The van der Waals surface area contributed by atoms with Gasteiger partial charge >= 0.3 is 6.18 Å². The molecular weight excluding hydrogens is 329 g/mol. The van der Waals surface area contributed by atoms with Crippen LogP contribution in [-0.4, -0.2) is 11.9 Å². The van der Waals surface area contributed by atoms with E-state index in [1.807, 2.05) is 38.1 Å². The zero-order chi connectivity index (χ0) is 18.6. The van der Waals surface area contributed by atoms with Crippen LogP contribution in [0.15, 0.2) is 48.5 Å². The highest BCUT2D eigenvalue weighted by molar-refractivity contribution is 5.94. The van der Waals surface area contributed by atoms with Gasteiger partial charge in [-0.2, -0.15) is 13.2 Å². The molecule has 0 heterocycles. The van der Waals surface area contributed by atoms with Crippen LogP contribution >= 0.6 is 0 Å². The molecule has 134 valence electrons. The second-order valence-corrected chi connectivity index (χ2v) is 6.03. The van der Waals surface area contributed by atoms with Gasteiger partial charge in [0, 0.05) is 11.7 Å². The number of amides is 1. The number of carbonyl (C=O) groups is 1. The van der Waals surface area contributed by atoms with Crippen LogP contribution < -0.4 is 10.6 Å². The van der Waals surface area contributed by atoms with Gasteiger partial charge in [0.05, 0.1) is 11.6 Å². The first-order valence-electron chi connectivity index (χ1n) is 7.98. The molecule has 0 saturated heterocycles. The molecule has 2 N–H and O–H groups in total. The van der Waals surface area contributed by atoms with E-state index in [0.29, 0.717) is 5.69 Å². The molecule has 0 aliphatic heterocycles. The van der Waals surface area contributed by atoms with Crippen LogP contribution in [-0.2, 0) is 11.0 Å². The SMILES string of the molecule is Cc1ccccc1C(C)NC(C)C(=O)Nc1ccc(C(F)(F)F)cc1. The van der Waals surface area contributed by atoms with Gasteiger partial charge in [-0.05, 0) is 56.2 Å². The van der Waals surface area contributed by atoms with Gasteiger partial charge in [0.15, 0.2) is 0 Å². The van der Waals surface area contributed by atoms with Crippen LogP contribution in [0, 0.1) is 6.92 Å². The Morgan fingerprint density at radius 1 is 1.00 bits per heavy atom. The quantitative estimate of drug-likeness (QED) is 0.821. The van der Waals surface area contributed by atoms with Crippen molar-refractivity contribution in [2.75, 3.05) is 5.32 Å². The fourth-order valence-corrected chi connectivity index (χ4v) is 2.61. The van der Waals surface area contributed by atoms with E-state index in [9.17, 15) is 18.0 Å². The summed E-state index contributed by atoms with van der Waals surface area (Å²) in [6.07, 6.45) is -4.39. The van der Waals surface area contributed by atoms with E-state index < -0.39 is 17.8 Å². The molecule has 0 fully saturated rings. The van der Waals surface area contributed by atoms with Crippen LogP contribution in [0.1, 0.15) is 36.6 Å². The maximum atomic E-state index is 12.6. The minimum atomic E-state index is -4.39. The van der Waals surface area contributed by atoms with Crippen molar-refractivity contribution in [2.24, 2.45) is 0 Å². The van der Waals surface area contributed by atoms with Crippen molar-refractivity contribution in [3.8, 4) is 0 Å². The van der Waals surface area contributed by atoms with E-state index in [0.717, 1.165) is 23.3 Å². The molecule has 2 atom stereocenters. The number of aryl methyl sites for hydroxylation is 1. The highest BCUT2D eigenvalue weighted by Crippen LogP contribution is 2.29. The van der Waals surface area contributed by atoms with Crippen molar-refractivity contribution >= 4 is 11.6 Å². The Kier molecular flexibility index (Phi) is 5.85. The number of carbonyl (C=O) groups excluding carboxylic acids is 1. The van der Waals surface area contributed by atoms with E-state index in [-0.39, 0.29) is 11.9 Å². The van der Waals surface area contributed by atoms with Crippen LogP contribution in [0.2, 0.25) is 0 Å². The maximum absolute atomic E-state index is 12.6. The third-order valence-electron chi connectivity index (χ3n) is 4.03. The molecule has 0 aromatic heterocycles. The van der Waals surface area contributed by atoms with Gasteiger partial charge < -0.3 is 5.32 Å². The van der Waals surface area contributed by atoms with E-state index >= 15 is 0 Å². The number of alkyl halides is 3. The fraction of sp³-hybridized carbons (Fsp3) is 0.316. The van der Waals surface area contributed by atoms with Gasteiger partial charge in [-0.1, -0.05) is 24.3 Å². The van der Waals surface area contributed by atoms with E-state index in [4.69, 9.17) is 0 Å². The van der Waals surface area contributed by atoms with E-state index in [1.54, 1.807) is 6.92 Å². The van der Waals surface area contributed by atoms with Crippen molar-refractivity contribution in [1.82, 2.24) is 5.32 Å². The first-order valence-corrected chi connectivity index (χ1v) is 7.98. The molecule has 0 bridgehead atoms. The summed E-state index contributed by atoms with van der Waals surface area (Å²) in [4.78, 5) is 12.3. The summed E-state index contributed by atoms with van der Waals surface area (Å²) in [5.74, 6) is -0.305. The molecule has 2 rings (SSSR count). The number of benzene rings is 2. The third-order valence-corrected chi connectivity index (χ3v) is 4.03. The van der Waals surface area contributed by atoms with Gasteiger partial charge in [-0.15, -0.1) is 0 Å². The number of nitrogens with one attached hydrogen (secondary N) is 2. The smallest absolute Gasteiger partial charge is 0.325 e. The molecule has 1 amide bonds. The largest absolute Gasteiger partial charge is 0.416 e. The number of hydrogen-bond acceptors (Lipinski definition) is 2. The zero-order valence-corrected chi connectivity index (χ0v) is 14.3. The van der Waals surface area contributed by atoms with Gasteiger partial charge in [-0.3, -0.25) is 10.1 Å². The summed E-state index contributed by atoms with van der Waals surface area (Å²) >= 11 is 0. The molecular formula is C19H21F3N2O. The predicted molar refractivity (Wildman–Crippen MR) is 92.3 cm³/mol. The number of halogens is 3. The van der Waals surface area contributed by atoms with Crippen molar-refractivity contribution in [1.29, 1.82) is 0 Å². The number of anilines is 1. The average Bonchev–Trinajstić information content (AvgIpc) is 2.54. The Morgan fingerprint density at radius 2 is 1.60 bits per heavy atom. The molecule has 25 heavy (non-hydrogen) atoms. The fourth-order valence-electron chi connectivity index (χ4n) is 2.61. The number of hydrogen-bond donors (Lipinski definition) is 2. The zero-order valence-electron chi connectivity index (χ0n) is 14.3. The molecule has 2 aromatic carbocycles. The maximum Gasteiger partial charge on any atom is 0.416 e. The molecule has 3 nitrogen and oxygen atoms in total. The Balaban J connectivity index is 1.97. The summed E-state index contributed by atoms with van der Waals surface area (Å²) in [5.41, 5.74) is 1.80. The molecule has 0 aliphatic rings. The lowest BCUT2D eigenvalue weighted by Gasteiger charge is -2.21. The first-order chi connectivity index (χ1) is 11.7. The predicted octanol–water partition coefficient (Wildman–Crippen LogP) is 4.69. The van der Waals surface area contributed by atoms with Crippen molar-refractivity contribution < 1.29 is 18.0 Å². The lowest BCUT2D eigenvalue weighted by molar-refractivity contribution is -0.137. The monoisotopic (exact) mass is 350 g/mol. The Labute approximate surface area is 145 Å². The van der Waals surface area contributed by atoms with Gasteiger partial charge in [0.2, 0.25) is 5.91 Å². The van der Waals surface area contributed by atoms with E-state index in [1.165, 1.54) is 12.1 Å². The van der Waals surface area contributed by atoms with Crippen molar-refractivity contribution in [3.05, 3.63) is 65.2 Å². The Morgan fingerprint density at radius 3 is 2.16 bits per heavy atom. The molecule has 0 radical (unpaired) electrons. The van der Waals surface area contributed by atoms with E-state index in [2.05, 4.69) is 10.6 Å². The third kappa shape index (κ3) is 5.06. The minimum Gasteiger partial charge on any atom is -0.325 e. The Bertz CT molecular complexity index is 726. The van der Waals surface area contributed by atoms with Gasteiger partial charge in [0.1, 0.15) is 0 Å². The summed E-state index contributed by atoms with van der Waals surface area (Å²) < 4.78 is 37.7. The van der Waals surface area contributed by atoms with Crippen molar-refractivity contribution in [2.45, 2.75) is 39.0 Å². The second kappa shape index (κ2) is 7.70. The highest BCUT2D eigenvalue weighted by Gasteiger charge is 2.30. The summed E-state index contributed by atoms with van der Waals surface area (Å²) in [6, 6.07) is 11.7. The summed E-state index contributed by atoms with van der Waals surface area (Å²) in [5, 5.41) is 5.82. The molecule has 0 spiro atoms. The average molecular weight is 350 g/mol. The minimum absolute atomic E-state index is 0.0328. The Hall–Kier alpha value is -2.34. The molecule has 6 heteroatoms. The number of rotatable bonds is 5. The van der Waals surface area contributed by atoms with Crippen LogP contribution in [0.4, 0.5) is 18.9 Å². The highest BCUT2D eigenvalue weighted by atomic mass is 19.4. The first kappa shape index (κ1) is 19.0. The topological polar surface area (TPSA) is 41.1 Å². The molecule has 0 aliphatic carbocycles. The molecule has 2 unspecified atom stereocenters. The van der Waals surface area contributed by atoms with Gasteiger partial charge in [-0.25, -0.2) is 0 Å². The van der Waals surface area contributed by atoms with Crippen LogP contribution in [0.3, 0.4) is 0 Å². The van der Waals surface area contributed by atoms with Gasteiger partial charge in [0.25, 0.3) is 0 Å². The standard InChI is InChI=1S/C19H21F3N2O/c1-12-6-4-5-7-17(12)13(2)23-14(3)18(25)24-16-10-8-15(9-11-16)19(20,21)22/h4-11,13-14,23H,1-3H3,(H,24,25). The lowest BCUT2D eigenvalue weighted by Crippen LogP contribution is -2.39. The van der Waals surface area contributed by atoms with Crippen molar-refractivity contribution in [3.63, 3.8) is 0 Å². The lowest BCUT2D eigenvalue weighted by atomic mass is 10.0. The second-order valence-electron chi connectivity index (χ2n) is 6.03. The normalized spacial score (nSPS) is 14.0. The summed E-state index contributed by atoms with van der Waals surface area (Å²) in [7, 11) is 0.